The molecule has 194 valence electrons. The zero-order valence-corrected chi connectivity index (χ0v) is 20.9. The second-order valence-corrected chi connectivity index (χ2v) is 10.8. The fraction of sp³-hybridized carbons (Fsp3) is 0.519. The van der Waals surface area contributed by atoms with Crippen LogP contribution in [0, 0.1) is 34.0 Å². The molecule has 1 aliphatic carbocycles. The summed E-state index contributed by atoms with van der Waals surface area (Å²) in [6.45, 7) is 6.68. The molecule has 0 spiro atoms. The topological polar surface area (TPSA) is 114 Å². The van der Waals surface area contributed by atoms with E-state index in [9.17, 15) is 27.9 Å². The van der Waals surface area contributed by atoms with E-state index in [1.807, 2.05) is 0 Å². The van der Waals surface area contributed by atoms with Gasteiger partial charge < -0.3 is 10.5 Å². The fourth-order valence-corrected chi connectivity index (χ4v) is 5.10. The molecule has 1 aromatic carbocycles. The maximum Gasteiger partial charge on any atom is 0.416 e. The van der Waals surface area contributed by atoms with E-state index in [0.29, 0.717) is 29.7 Å². The first-order chi connectivity index (χ1) is 16.6. The van der Waals surface area contributed by atoms with E-state index in [1.165, 1.54) is 25.3 Å². The number of hydrogen-bond donors (Lipinski definition) is 3. The van der Waals surface area contributed by atoms with Crippen LogP contribution in [-0.2, 0) is 22.2 Å². The first-order valence-electron chi connectivity index (χ1n) is 11.9. The van der Waals surface area contributed by atoms with Crippen molar-refractivity contribution in [3.8, 4) is 0 Å². The Balaban J connectivity index is 1.73. The Morgan fingerprint density at radius 1 is 1.11 bits per heavy atom. The van der Waals surface area contributed by atoms with Gasteiger partial charge in [0, 0.05) is 37.0 Å². The number of rotatable bonds is 7. The Hall–Kier alpha value is -2.94. The van der Waals surface area contributed by atoms with Gasteiger partial charge in [-0.1, -0.05) is 32.9 Å². The molecule has 36 heavy (non-hydrogen) atoms. The lowest BCUT2D eigenvalue weighted by atomic mass is 9.66. The van der Waals surface area contributed by atoms with E-state index < -0.39 is 40.9 Å². The van der Waals surface area contributed by atoms with Crippen molar-refractivity contribution in [1.82, 2.24) is 0 Å². The summed E-state index contributed by atoms with van der Waals surface area (Å²) >= 11 is 0. The van der Waals surface area contributed by atoms with Gasteiger partial charge in [-0.25, -0.2) is 0 Å². The van der Waals surface area contributed by atoms with Crippen LogP contribution in [0.3, 0.4) is 0 Å². The van der Waals surface area contributed by atoms with Crippen LogP contribution in [0.25, 0.3) is 0 Å². The molecule has 9 heteroatoms. The Kier molecular flexibility index (Phi) is 7.83. The van der Waals surface area contributed by atoms with E-state index in [4.69, 9.17) is 10.8 Å². The summed E-state index contributed by atoms with van der Waals surface area (Å²) in [6, 6.07) is 4.78. The maximum atomic E-state index is 13.5. The Bertz CT molecular complexity index is 1130. The Morgan fingerprint density at radius 3 is 2.25 bits per heavy atom. The summed E-state index contributed by atoms with van der Waals surface area (Å²) in [4.78, 5) is 29.8. The highest BCUT2D eigenvalue weighted by Gasteiger charge is 2.44. The summed E-state index contributed by atoms with van der Waals surface area (Å²) < 4.78 is 38.5. The molecule has 4 atom stereocenters. The SMILES string of the molecule is CC(=O)C(=N)[C@H](C(=O)C1C[C@H](O)C[C@@H](C2=NC=C(Cc3ccc(C(F)(F)F)cc3)C2=N)C1)C(C)(C)C. The number of allylic oxidation sites excluding steroid dienone is 1. The lowest BCUT2D eigenvalue weighted by Gasteiger charge is -2.37. The highest BCUT2D eigenvalue weighted by molar-refractivity contribution is 6.49. The van der Waals surface area contributed by atoms with Crippen LogP contribution in [0.15, 0.2) is 41.0 Å². The van der Waals surface area contributed by atoms with Crippen molar-refractivity contribution in [3.63, 3.8) is 0 Å². The molecule has 0 radical (unpaired) electrons. The van der Waals surface area contributed by atoms with Crippen LogP contribution >= 0.6 is 0 Å². The number of carbonyl (C=O) groups is 2. The molecular formula is C27H32F3N3O3. The lowest BCUT2D eigenvalue weighted by Crippen LogP contribution is -2.45. The number of nitrogens with one attached hydrogen (secondary N) is 2. The van der Waals surface area contributed by atoms with Crippen molar-refractivity contribution >= 4 is 28.7 Å². The Morgan fingerprint density at radius 2 is 1.72 bits per heavy atom. The van der Waals surface area contributed by atoms with E-state index >= 15 is 0 Å². The highest BCUT2D eigenvalue weighted by atomic mass is 19.4. The predicted octanol–water partition coefficient (Wildman–Crippen LogP) is 5.22. The van der Waals surface area contributed by atoms with E-state index in [-0.39, 0.29) is 36.0 Å². The monoisotopic (exact) mass is 503 g/mol. The number of aliphatic hydroxyl groups excluding tert-OH is 1. The van der Waals surface area contributed by atoms with Crippen molar-refractivity contribution in [2.45, 2.75) is 65.7 Å². The first-order valence-corrected chi connectivity index (χ1v) is 11.9. The van der Waals surface area contributed by atoms with E-state index in [2.05, 4.69) is 4.99 Å². The minimum Gasteiger partial charge on any atom is -0.393 e. The van der Waals surface area contributed by atoms with Gasteiger partial charge in [0.25, 0.3) is 0 Å². The number of benzene rings is 1. The molecule has 3 rings (SSSR count). The molecule has 3 N–H and O–H groups in total. The predicted molar refractivity (Wildman–Crippen MR) is 132 cm³/mol. The van der Waals surface area contributed by atoms with Crippen molar-refractivity contribution in [2.24, 2.45) is 28.2 Å². The summed E-state index contributed by atoms with van der Waals surface area (Å²) in [5.74, 6) is -2.56. The molecule has 1 aliphatic heterocycles. The molecule has 1 fully saturated rings. The fourth-order valence-electron chi connectivity index (χ4n) is 5.10. The minimum absolute atomic E-state index is 0.157. The van der Waals surface area contributed by atoms with Crippen molar-refractivity contribution in [2.75, 3.05) is 0 Å². The van der Waals surface area contributed by atoms with E-state index in [0.717, 1.165) is 12.1 Å². The molecule has 0 amide bonds. The van der Waals surface area contributed by atoms with Crippen molar-refractivity contribution in [3.05, 3.63) is 47.2 Å². The molecular weight excluding hydrogens is 471 g/mol. The minimum atomic E-state index is -4.42. The normalized spacial score (nSPS) is 23.7. The zero-order chi connectivity index (χ0) is 27.0. The van der Waals surface area contributed by atoms with Crippen LogP contribution in [0.2, 0.25) is 0 Å². The molecule has 1 aromatic rings. The number of alkyl halides is 3. The molecule has 1 unspecified atom stereocenters. The molecule has 1 heterocycles. The van der Waals surface area contributed by atoms with Gasteiger partial charge in [-0.15, -0.1) is 0 Å². The summed E-state index contributed by atoms with van der Waals surface area (Å²) in [5, 5.41) is 27.4. The number of ketones is 2. The van der Waals surface area contributed by atoms with Gasteiger partial charge in [-0.2, -0.15) is 13.2 Å². The van der Waals surface area contributed by atoms with Gasteiger partial charge in [0.1, 0.15) is 5.78 Å². The third-order valence-electron chi connectivity index (χ3n) is 6.90. The number of nitrogens with zero attached hydrogens (tertiary/aromatic N) is 1. The van der Waals surface area contributed by atoms with Gasteiger partial charge in [-0.3, -0.25) is 20.0 Å². The summed E-state index contributed by atoms with van der Waals surface area (Å²) in [5.41, 5.74) is 0.145. The van der Waals surface area contributed by atoms with Crippen molar-refractivity contribution < 1.29 is 27.9 Å². The maximum absolute atomic E-state index is 13.5. The zero-order valence-electron chi connectivity index (χ0n) is 20.9. The highest BCUT2D eigenvalue weighted by Crippen LogP contribution is 2.39. The number of Topliss-reactive ketones (excluding diaryl/α,β-unsaturated/α-hetero) is 2. The lowest BCUT2D eigenvalue weighted by molar-refractivity contribution is -0.137. The second-order valence-electron chi connectivity index (χ2n) is 10.8. The van der Waals surface area contributed by atoms with E-state index in [1.54, 1.807) is 20.8 Å². The number of aliphatic hydroxyl groups is 1. The van der Waals surface area contributed by atoms with Crippen LogP contribution in [0.5, 0.6) is 0 Å². The number of carbonyl (C=O) groups excluding carboxylic acids is 2. The van der Waals surface area contributed by atoms with Crippen LogP contribution in [0.1, 0.15) is 58.1 Å². The smallest absolute Gasteiger partial charge is 0.393 e. The van der Waals surface area contributed by atoms with Gasteiger partial charge in [0.15, 0.2) is 5.78 Å². The Labute approximate surface area is 208 Å². The van der Waals surface area contributed by atoms with Gasteiger partial charge in [0.2, 0.25) is 0 Å². The van der Waals surface area contributed by atoms with Gasteiger partial charge >= 0.3 is 6.18 Å². The van der Waals surface area contributed by atoms with Crippen LogP contribution in [-0.4, -0.2) is 39.9 Å². The quantitative estimate of drug-likeness (QED) is 0.443. The van der Waals surface area contributed by atoms with Gasteiger partial charge in [0.05, 0.1) is 34.7 Å². The third-order valence-corrected chi connectivity index (χ3v) is 6.90. The largest absolute Gasteiger partial charge is 0.416 e. The number of aliphatic imine (C=N–C) groups is 1. The average molecular weight is 504 g/mol. The molecule has 0 saturated heterocycles. The third kappa shape index (κ3) is 6.06. The standard InChI is InChI=1S/C27H32F3N3O3/c1-14(34)22(31)21(26(2,3)4)25(36)17-10-16(11-20(35)12-17)24-23(32)18(13-33-24)9-15-5-7-19(8-6-15)27(28,29)30/h5-8,13,16-17,20-21,31-32,35H,9-12H2,1-4H3/t16-,17?,20+,21+/m0/s1. The second kappa shape index (κ2) is 10.2. The summed E-state index contributed by atoms with van der Waals surface area (Å²) in [7, 11) is 0. The molecule has 2 aliphatic rings. The average Bonchev–Trinajstić information content (AvgIpc) is 3.12. The molecule has 1 saturated carbocycles. The van der Waals surface area contributed by atoms with Crippen LogP contribution in [0.4, 0.5) is 13.2 Å². The molecule has 6 nitrogen and oxygen atoms in total. The van der Waals surface area contributed by atoms with Crippen LogP contribution < -0.4 is 0 Å². The first kappa shape index (κ1) is 27.6. The summed E-state index contributed by atoms with van der Waals surface area (Å²) in [6.07, 6.45) is -2.55. The number of halogens is 3. The molecule has 0 aromatic heterocycles. The number of hydrogen-bond acceptors (Lipinski definition) is 6. The van der Waals surface area contributed by atoms with Gasteiger partial charge in [-0.05, 0) is 42.4 Å². The van der Waals surface area contributed by atoms with Crippen molar-refractivity contribution in [1.29, 1.82) is 10.8 Å². The molecule has 0 bridgehead atoms.